The van der Waals surface area contributed by atoms with Crippen molar-refractivity contribution < 1.29 is 13.9 Å². The monoisotopic (exact) mass is 322 g/mol. The van der Waals surface area contributed by atoms with Gasteiger partial charge in [0.1, 0.15) is 11.3 Å². The highest BCUT2D eigenvalue weighted by Crippen LogP contribution is 2.26. The normalized spacial score (nSPS) is 15.9. The Labute approximate surface area is 132 Å². The molecule has 0 spiro atoms. The van der Waals surface area contributed by atoms with Crippen LogP contribution in [-0.2, 0) is 11.2 Å². The van der Waals surface area contributed by atoms with Crippen molar-refractivity contribution in [1.29, 1.82) is 0 Å². The lowest BCUT2D eigenvalue weighted by Crippen LogP contribution is -2.15. The summed E-state index contributed by atoms with van der Waals surface area (Å²) in [4.78, 5) is 16.5. The molecule has 0 atom stereocenters. The number of ether oxygens (including phenoxy) is 1. The molecule has 22 heavy (non-hydrogen) atoms. The van der Waals surface area contributed by atoms with E-state index in [-0.39, 0.29) is 17.5 Å². The number of carbonyl (C=O) groups is 1. The van der Waals surface area contributed by atoms with E-state index < -0.39 is 0 Å². The lowest BCUT2D eigenvalue weighted by atomic mass is 10.0. The average molecular weight is 322 g/mol. The van der Waals surface area contributed by atoms with E-state index in [9.17, 15) is 4.79 Å². The Morgan fingerprint density at radius 3 is 3.00 bits per heavy atom. The van der Waals surface area contributed by atoms with Crippen molar-refractivity contribution in [3.05, 3.63) is 22.9 Å². The fourth-order valence-corrected chi connectivity index (χ4v) is 3.14. The molecule has 8 heteroatoms. The number of anilines is 1. The number of nitrogens with one attached hydrogen (secondary N) is 1. The maximum absolute atomic E-state index is 12.2. The average Bonchev–Trinajstić information content (AvgIpc) is 3.18. The van der Waals surface area contributed by atoms with Crippen LogP contribution in [0.15, 0.2) is 10.7 Å². The van der Waals surface area contributed by atoms with Gasteiger partial charge in [0.25, 0.3) is 5.91 Å². The third kappa shape index (κ3) is 3.50. The Kier molecular flexibility index (Phi) is 4.79. The van der Waals surface area contributed by atoms with Gasteiger partial charge in [-0.1, -0.05) is 18.3 Å². The van der Waals surface area contributed by atoms with E-state index >= 15 is 0 Å². The summed E-state index contributed by atoms with van der Waals surface area (Å²) in [7, 11) is 0. The number of aromatic nitrogens is 3. The van der Waals surface area contributed by atoms with E-state index in [1.54, 1.807) is 0 Å². The second-order valence-corrected chi connectivity index (χ2v) is 6.22. The van der Waals surface area contributed by atoms with Crippen LogP contribution in [0.4, 0.5) is 5.13 Å². The summed E-state index contributed by atoms with van der Waals surface area (Å²) in [6, 6.07) is 0. The molecule has 1 fully saturated rings. The minimum atomic E-state index is -0.318. The molecule has 1 aliphatic rings. The van der Waals surface area contributed by atoms with Gasteiger partial charge >= 0.3 is 0 Å². The minimum absolute atomic E-state index is 0.230. The first-order valence-electron chi connectivity index (χ1n) is 7.43. The number of hydrogen-bond donors (Lipinski definition) is 1. The van der Waals surface area contributed by atoms with Gasteiger partial charge in [0.15, 0.2) is 11.6 Å². The van der Waals surface area contributed by atoms with E-state index in [0.29, 0.717) is 24.2 Å². The Morgan fingerprint density at radius 2 is 2.23 bits per heavy atom. The molecule has 2 aromatic heterocycles. The minimum Gasteiger partial charge on any atom is -0.448 e. The van der Waals surface area contributed by atoms with E-state index in [2.05, 4.69) is 27.4 Å². The fraction of sp³-hybridized carbons (Fsp3) is 0.571. The Balaban J connectivity index is 1.63. The molecular formula is C14H18N4O3S. The quantitative estimate of drug-likeness (QED) is 0.910. The fourth-order valence-electron chi connectivity index (χ4n) is 2.30. The molecule has 0 aromatic carbocycles. The van der Waals surface area contributed by atoms with Gasteiger partial charge in [-0.05, 0) is 19.3 Å². The topological polar surface area (TPSA) is 90.1 Å². The summed E-state index contributed by atoms with van der Waals surface area (Å²) < 4.78 is 10.8. The summed E-state index contributed by atoms with van der Waals surface area (Å²) in [5, 5.41) is 12.1. The number of rotatable bonds is 5. The van der Waals surface area contributed by atoms with Crippen LogP contribution < -0.4 is 5.32 Å². The zero-order chi connectivity index (χ0) is 15.4. The highest BCUT2D eigenvalue weighted by molar-refractivity contribution is 7.15. The third-order valence-electron chi connectivity index (χ3n) is 3.48. The summed E-state index contributed by atoms with van der Waals surface area (Å²) in [6.45, 7) is 3.49. The SMILES string of the molecule is CCCc1nnc(NC(=O)c2coc(C3CCOCC3)n2)s1. The number of oxazole rings is 1. The lowest BCUT2D eigenvalue weighted by molar-refractivity contribution is 0.0794. The second-order valence-electron chi connectivity index (χ2n) is 5.16. The smallest absolute Gasteiger partial charge is 0.279 e. The summed E-state index contributed by atoms with van der Waals surface area (Å²) in [5.74, 6) is 0.520. The molecule has 1 amide bonds. The predicted molar refractivity (Wildman–Crippen MR) is 81.2 cm³/mol. The van der Waals surface area contributed by atoms with Crippen LogP contribution in [0.25, 0.3) is 0 Å². The number of hydrogen-bond acceptors (Lipinski definition) is 7. The van der Waals surface area contributed by atoms with Crippen LogP contribution in [0.3, 0.4) is 0 Å². The molecular weight excluding hydrogens is 304 g/mol. The number of carbonyl (C=O) groups excluding carboxylic acids is 1. The molecule has 3 rings (SSSR count). The van der Waals surface area contributed by atoms with E-state index in [0.717, 1.165) is 30.7 Å². The molecule has 7 nitrogen and oxygen atoms in total. The first kappa shape index (κ1) is 15.1. The first-order valence-corrected chi connectivity index (χ1v) is 8.24. The van der Waals surface area contributed by atoms with Gasteiger partial charge in [0.2, 0.25) is 5.13 Å². The van der Waals surface area contributed by atoms with E-state index in [1.165, 1.54) is 17.6 Å². The van der Waals surface area contributed by atoms with Gasteiger partial charge in [0.05, 0.1) is 0 Å². The largest absolute Gasteiger partial charge is 0.448 e. The highest BCUT2D eigenvalue weighted by Gasteiger charge is 2.23. The van der Waals surface area contributed by atoms with Gasteiger partial charge in [-0.15, -0.1) is 10.2 Å². The van der Waals surface area contributed by atoms with Crippen molar-refractivity contribution >= 4 is 22.4 Å². The number of amides is 1. The van der Waals surface area contributed by atoms with Crippen molar-refractivity contribution in [2.75, 3.05) is 18.5 Å². The molecule has 0 radical (unpaired) electrons. The van der Waals surface area contributed by atoms with Gasteiger partial charge < -0.3 is 9.15 Å². The molecule has 1 N–H and O–H groups in total. The van der Waals surface area contributed by atoms with Crippen LogP contribution in [0.2, 0.25) is 0 Å². The second kappa shape index (κ2) is 6.97. The summed E-state index contributed by atoms with van der Waals surface area (Å²) >= 11 is 1.39. The van der Waals surface area contributed by atoms with Crippen molar-refractivity contribution in [2.24, 2.45) is 0 Å². The van der Waals surface area contributed by atoms with Gasteiger partial charge in [0, 0.05) is 25.6 Å². The molecule has 2 aromatic rings. The van der Waals surface area contributed by atoms with Crippen molar-refractivity contribution in [3.8, 4) is 0 Å². The summed E-state index contributed by atoms with van der Waals surface area (Å²) in [5.41, 5.74) is 0.272. The number of nitrogens with zero attached hydrogens (tertiary/aromatic N) is 3. The van der Waals surface area contributed by atoms with Crippen molar-refractivity contribution in [1.82, 2.24) is 15.2 Å². The van der Waals surface area contributed by atoms with Gasteiger partial charge in [-0.25, -0.2) is 4.98 Å². The Hall–Kier alpha value is -1.80. The van der Waals surface area contributed by atoms with Crippen molar-refractivity contribution in [3.63, 3.8) is 0 Å². The Morgan fingerprint density at radius 1 is 1.41 bits per heavy atom. The zero-order valence-corrected chi connectivity index (χ0v) is 13.2. The van der Waals surface area contributed by atoms with Crippen LogP contribution in [0.1, 0.15) is 53.5 Å². The summed E-state index contributed by atoms with van der Waals surface area (Å²) in [6.07, 6.45) is 5.01. The van der Waals surface area contributed by atoms with Crippen molar-refractivity contribution in [2.45, 2.75) is 38.5 Å². The van der Waals surface area contributed by atoms with Gasteiger partial charge in [-0.3, -0.25) is 10.1 Å². The molecule has 118 valence electrons. The predicted octanol–water partition coefficient (Wildman–Crippen LogP) is 2.62. The van der Waals surface area contributed by atoms with Crippen LogP contribution in [0.5, 0.6) is 0 Å². The van der Waals surface area contributed by atoms with Crippen LogP contribution in [0, 0.1) is 0 Å². The zero-order valence-electron chi connectivity index (χ0n) is 12.4. The van der Waals surface area contributed by atoms with Crippen LogP contribution in [-0.4, -0.2) is 34.3 Å². The molecule has 0 saturated carbocycles. The van der Waals surface area contributed by atoms with Crippen LogP contribution >= 0.6 is 11.3 Å². The molecule has 0 unspecified atom stereocenters. The maximum atomic E-state index is 12.2. The first-order chi connectivity index (χ1) is 10.8. The molecule has 0 bridgehead atoms. The molecule has 0 aliphatic carbocycles. The van der Waals surface area contributed by atoms with E-state index in [1.807, 2.05) is 0 Å². The standard InChI is InChI=1S/C14H18N4O3S/c1-2-3-11-17-18-14(22-11)16-12(19)10-8-21-13(15-10)9-4-6-20-7-5-9/h8-9H,2-7H2,1H3,(H,16,18,19). The highest BCUT2D eigenvalue weighted by atomic mass is 32.1. The third-order valence-corrected chi connectivity index (χ3v) is 4.37. The molecule has 3 heterocycles. The maximum Gasteiger partial charge on any atom is 0.279 e. The van der Waals surface area contributed by atoms with E-state index in [4.69, 9.17) is 9.15 Å². The number of aryl methyl sites for hydroxylation is 1. The molecule has 1 aliphatic heterocycles. The molecule has 1 saturated heterocycles. The lowest BCUT2D eigenvalue weighted by Gasteiger charge is -2.18. The van der Waals surface area contributed by atoms with Gasteiger partial charge in [-0.2, -0.15) is 0 Å². The Bertz CT molecular complexity index is 634.